The Hall–Kier alpha value is -3.67. The molecule has 2 aliphatic rings. The van der Waals surface area contributed by atoms with Crippen molar-refractivity contribution in [2.45, 2.75) is 83.8 Å². The highest BCUT2D eigenvalue weighted by molar-refractivity contribution is 6.72. The first kappa shape index (κ1) is 35.2. The Morgan fingerprint density at radius 1 is 1.17 bits per heavy atom. The second-order valence-corrected chi connectivity index (χ2v) is 17.0. The minimum Gasteiger partial charge on any atom is -0.395 e. The van der Waals surface area contributed by atoms with Crippen LogP contribution in [-0.2, 0) is 26.5 Å². The van der Waals surface area contributed by atoms with E-state index in [9.17, 15) is 24.8 Å². The second kappa shape index (κ2) is 14.4. The summed E-state index contributed by atoms with van der Waals surface area (Å²) in [6, 6.07) is 13.7. The van der Waals surface area contributed by atoms with Crippen molar-refractivity contribution in [1.82, 2.24) is 4.90 Å². The third-order valence-corrected chi connectivity index (χ3v) is 11.6. The van der Waals surface area contributed by atoms with E-state index in [4.69, 9.17) is 4.74 Å². The van der Waals surface area contributed by atoms with Gasteiger partial charge in [-0.1, -0.05) is 60.6 Å². The third kappa shape index (κ3) is 7.32. The highest BCUT2D eigenvalue weighted by Crippen LogP contribution is 2.60. The van der Waals surface area contributed by atoms with Gasteiger partial charge < -0.3 is 23.8 Å². The number of allylic oxidation sites excluding steroid dienone is 3. The molecule has 2 heterocycles. The molecule has 4 atom stereocenters. The smallest absolute Gasteiger partial charge is 0.269 e. The van der Waals surface area contributed by atoms with Gasteiger partial charge in [-0.15, -0.1) is 0 Å². The molecule has 2 aromatic rings. The number of nitro groups is 1. The molecule has 11 heteroatoms. The summed E-state index contributed by atoms with van der Waals surface area (Å²) in [6.07, 6.45) is 4.69. The normalized spacial score (nSPS) is 22.7. The minimum absolute atomic E-state index is 0.0866. The number of non-ortho nitro benzene ring substituents is 1. The van der Waals surface area contributed by atoms with Crippen LogP contribution in [-0.4, -0.2) is 61.0 Å². The van der Waals surface area contributed by atoms with E-state index in [1.54, 1.807) is 31.0 Å². The maximum atomic E-state index is 16.3. The maximum absolute atomic E-state index is 16.3. The van der Waals surface area contributed by atoms with Gasteiger partial charge in [0.1, 0.15) is 0 Å². The van der Waals surface area contributed by atoms with Crippen molar-refractivity contribution in [1.29, 1.82) is 0 Å². The zero-order chi connectivity index (χ0) is 33.8. The zero-order valence-electron chi connectivity index (χ0n) is 27.7. The molecule has 248 valence electrons. The van der Waals surface area contributed by atoms with Gasteiger partial charge in [0.2, 0.25) is 14.3 Å². The fourth-order valence-corrected chi connectivity index (χ4v) is 9.48. The van der Waals surface area contributed by atoms with Gasteiger partial charge in [0.25, 0.3) is 11.6 Å². The summed E-state index contributed by atoms with van der Waals surface area (Å²) in [4.78, 5) is 42.7. The fourth-order valence-electron chi connectivity index (χ4n) is 6.99. The van der Waals surface area contributed by atoms with E-state index in [2.05, 4.69) is 6.08 Å². The van der Waals surface area contributed by atoms with Gasteiger partial charge in [-0.25, -0.2) is 0 Å². The predicted octanol–water partition coefficient (Wildman–Crippen LogP) is 6.82. The highest BCUT2D eigenvalue weighted by atomic mass is 28.4. The Morgan fingerprint density at radius 3 is 2.48 bits per heavy atom. The first-order valence-corrected chi connectivity index (χ1v) is 18.8. The van der Waals surface area contributed by atoms with E-state index in [-0.39, 0.29) is 44.3 Å². The number of rotatable bonds is 13. The number of halogens is 1. The molecule has 0 saturated carbocycles. The van der Waals surface area contributed by atoms with E-state index < -0.39 is 42.4 Å². The monoisotopic (exact) mass is 651 g/mol. The summed E-state index contributed by atoms with van der Waals surface area (Å²) in [5.74, 6) is -1.43. The summed E-state index contributed by atoms with van der Waals surface area (Å²) in [5, 5.41) is 21.6. The molecular weight excluding hydrogens is 605 g/mol. The number of carbonyl (C=O) groups is 2. The van der Waals surface area contributed by atoms with E-state index in [1.165, 1.54) is 22.6 Å². The molecule has 0 aromatic heterocycles. The van der Waals surface area contributed by atoms with Crippen LogP contribution in [0.3, 0.4) is 0 Å². The number of ether oxygens (including phenoxy) is 1. The van der Waals surface area contributed by atoms with E-state index >= 15 is 4.11 Å². The van der Waals surface area contributed by atoms with Crippen LogP contribution in [0.25, 0.3) is 0 Å². The summed E-state index contributed by atoms with van der Waals surface area (Å²) < 4.78 is 22.9. The molecule has 2 aliphatic heterocycles. The molecule has 1 N–H and O–H groups in total. The molecule has 0 bridgehead atoms. The molecule has 1 spiro atoms. The Balaban J connectivity index is 1.71. The molecule has 2 amide bonds. The van der Waals surface area contributed by atoms with Gasteiger partial charge in [-0.05, 0) is 58.3 Å². The van der Waals surface area contributed by atoms with Crippen LogP contribution in [0.15, 0.2) is 71.8 Å². The maximum Gasteiger partial charge on any atom is 0.269 e. The van der Waals surface area contributed by atoms with Crippen molar-refractivity contribution in [2.24, 2.45) is 5.92 Å². The lowest BCUT2D eigenvalue weighted by molar-refractivity contribution is -0.385. The summed E-state index contributed by atoms with van der Waals surface area (Å²) in [5.41, 5.74) is 1.41. The van der Waals surface area contributed by atoms with Crippen LogP contribution >= 0.6 is 0 Å². The summed E-state index contributed by atoms with van der Waals surface area (Å²) in [7, 11) is -3.57. The number of carbonyl (C=O) groups excluding carboxylic acids is 2. The van der Waals surface area contributed by atoms with Crippen LogP contribution in [0.1, 0.15) is 58.1 Å². The molecule has 46 heavy (non-hydrogen) atoms. The van der Waals surface area contributed by atoms with Gasteiger partial charge in [0.15, 0.2) is 5.60 Å². The van der Waals surface area contributed by atoms with Crippen LogP contribution in [0, 0.1) is 16.0 Å². The number of amides is 2. The van der Waals surface area contributed by atoms with E-state index in [1.807, 2.05) is 57.2 Å². The Labute approximate surface area is 272 Å². The molecule has 4 rings (SSSR count). The quantitative estimate of drug-likeness (QED) is 0.0836. The first-order chi connectivity index (χ1) is 21.7. The number of benzene rings is 2. The Bertz CT molecular complexity index is 1500. The zero-order valence-corrected chi connectivity index (χ0v) is 28.7. The molecule has 0 unspecified atom stereocenters. The SMILES string of the molecule is CC(C)=CCC/C(C)=C/CN1C(=O)[C@]2(O[C@H](CC(=O)N(CCO)Cc3ccccc3)[C@@H]([Si](C)(C)F)[C@@H]2C)c2cc([N+](=O)[O-])ccc21. The van der Waals surface area contributed by atoms with Gasteiger partial charge >= 0.3 is 0 Å². The minimum atomic E-state index is -3.57. The van der Waals surface area contributed by atoms with Crippen LogP contribution in [0.4, 0.5) is 15.5 Å². The number of aliphatic hydroxyl groups is 1. The van der Waals surface area contributed by atoms with Crippen molar-refractivity contribution in [3.63, 3.8) is 0 Å². The Morgan fingerprint density at radius 2 is 1.87 bits per heavy atom. The molecule has 9 nitrogen and oxygen atoms in total. The van der Waals surface area contributed by atoms with E-state index in [0.717, 1.165) is 24.0 Å². The molecule has 1 fully saturated rings. The number of fused-ring (bicyclic) bond motifs is 2. The number of anilines is 1. The lowest BCUT2D eigenvalue weighted by Crippen LogP contribution is -2.45. The van der Waals surface area contributed by atoms with Gasteiger partial charge in [-0.3, -0.25) is 19.7 Å². The number of nitrogens with zero attached hydrogens (tertiary/aromatic N) is 3. The number of hydrogen-bond donors (Lipinski definition) is 1. The lowest BCUT2D eigenvalue weighted by Gasteiger charge is -2.31. The van der Waals surface area contributed by atoms with Crippen molar-refractivity contribution in [2.75, 3.05) is 24.6 Å². The number of hydrogen-bond acceptors (Lipinski definition) is 6. The molecule has 1 saturated heterocycles. The molecular formula is C35H46FN3O6Si. The topological polar surface area (TPSA) is 113 Å². The molecule has 0 radical (unpaired) electrons. The summed E-state index contributed by atoms with van der Waals surface area (Å²) >= 11 is 0. The Kier molecular flexibility index (Phi) is 11.0. The van der Waals surface area contributed by atoms with Crippen molar-refractivity contribution >= 4 is 31.6 Å². The van der Waals surface area contributed by atoms with Gasteiger partial charge in [0.05, 0.1) is 29.7 Å². The lowest BCUT2D eigenvalue weighted by atomic mass is 9.82. The second-order valence-electron chi connectivity index (χ2n) is 13.2. The van der Waals surface area contributed by atoms with Crippen molar-refractivity contribution in [3.8, 4) is 0 Å². The number of aliphatic hydroxyl groups excluding tert-OH is 1. The largest absolute Gasteiger partial charge is 0.395 e. The predicted molar refractivity (Wildman–Crippen MR) is 179 cm³/mol. The average molecular weight is 652 g/mol. The van der Waals surface area contributed by atoms with Gasteiger partial charge in [-0.2, -0.15) is 0 Å². The molecule has 0 aliphatic carbocycles. The number of nitro benzene ring substituents is 1. The third-order valence-electron chi connectivity index (χ3n) is 9.18. The highest BCUT2D eigenvalue weighted by Gasteiger charge is 2.67. The van der Waals surface area contributed by atoms with Crippen LogP contribution in [0.2, 0.25) is 18.6 Å². The standard InChI is InChI=1S/C35H46FN3O6Si/c1-24(2)11-10-12-25(3)17-18-38-30-16-15-28(39(43)44)21-29(30)35(34(38)42)26(4)33(46(5,6)36)31(45-35)22-32(41)37(19-20-40)23-27-13-8-7-9-14-27/h7-9,11,13-17,21,26,31,33,40H,10,12,18-20,22-23H2,1-6H3/b25-17+/t26-,31+,33-,35+/m0/s1. The molecule has 2 aromatic carbocycles. The average Bonchev–Trinajstić information content (AvgIpc) is 3.41. The first-order valence-electron chi connectivity index (χ1n) is 15.9. The fraction of sp³-hybridized carbons (Fsp3) is 0.486. The van der Waals surface area contributed by atoms with Crippen molar-refractivity contribution < 1.29 is 28.5 Å². The van der Waals surface area contributed by atoms with Crippen LogP contribution in [0.5, 0.6) is 0 Å². The van der Waals surface area contributed by atoms with Gasteiger partial charge in [0, 0.05) is 48.8 Å². The summed E-state index contributed by atoms with van der Waals surface area (Å²) in [6.45, 7) is 11.3. The van der Waals surface area contributed by atoms with Crippen molar-refractivity contribution in [3.05, 3.63) is 93.1 Å². The van der Waals surface area contributed by atoms with Crippen LogP contribution < -0.4 is 4.90 Å². The van der Waals surface area contributed by atoms with E-state index in [0.29, 0.717) is 11.3 Å².